The molecule has 0 saturated heterocycles. The van der Waals surface area contributed by atoms with Crippen LogP contribution in [0, 0.1) is 5.82 Å². The molecular weight excluding hydrogens is 403 g/mol. The molecular formula is C19H22ClFN4O2S. The van der Waals surface area contributed by atoms with E-state index in [9.17, 15) is 14.0 Å². The van der Waals surface area contributed by atoms with Crippen LogP contribution in [0.1, 0.15) is 62.1 Å². The van der Waals surface area contributed by atoms with Gasteiger partial charge in [-0.05, 0) is 56.8 Å². The molecule has 1 N–H and O–H groups in total. The van der Waals surface area contributed by atoms with Crippen molar-refractivity contribution in [3.63, 3.8) is 0 Å². The Morgan fingerprint density at radius 3 is 2.68 bits per heavy atom. The molecule has 1 saturated carbocycles. The lowest BCUT2D eigenvalue weighted by Gasteiger charge is -2.34. The number of hydrogen-bond donors (Lipinski definition) is 1. The van der Waals surface area contributed by atoms with Gasteiger partial charge in [-0.1, -0.05) is 29.1 Å². The second kappa shape index (κ2) is 8.13. The van der Waals surface area contributed by atoms with E-state index in [1.807, 2.05) is 20.8 Å². The van der Waals surface area contributed by atoms with Crippen molar-refractivity contribution in [1.82, 2.24) is 19.8 Å². The van der Waals surface area contributed by atoms with Crippen LogP contribution in [0.15, 0.2) is 23.6 Å². The van der Waals surface area contributed by atoms with Crippen molar-refractivity contribution >= 4 is 34.9 Å². The summed E-state index contributed by atoms with van der Waals surface area (Å²) in [6, 6.07) is 2.86. The number of carbonyl (C=O) groups excluding carboxylic acids is 2. The van der Waals surface area contributed by atoms with E-state index < -0.39 is 29.2 Å². The van der Waals surface area contributed by atoms with Gasteiger partial charge in [0, 0.05) is 27.5 Å². The average Bonchev–Trinajstić information content (AvgIpc) is 3.31. The Kier molecular flexibility index (Phi) is 6.00. The Morgan fingerprint density at radius 1 is 1.43 bits per heavy atom. The van der Waals surface area contributed by atoms with Gasteiger partial charge in [0.2, 0.25) is 5.91 Å². The molecule has 0 spiro atoms. The molecule has 9 heteroatoms. The molecule has 3 rings (SSSR count). The number of rotatable bonds is 7. The van der Waals surface area contributed by atoms with Crippen molar-refractivity contribution in [2.45, 2.75) is 57.7 Å². The first-order valence-electron chi connectivity index (χ1n) is 9.11. The number of hydrogen-bond acceptors (Lipinski definition) is 5. The molecule has 1 aromatic heterocycles. The molecule has 150 valence electrons. The normalized spacial score (nSPS) is 15.2. The minimum Gasteiger partial charge on any atom is -0.349 e. The Hall–Kier alpha value is -2.06. The number of aromatic nitrogens is 2. The van der Waals surface area contributed by atoms with Crippen molar-refractivity contribution in [3.8, 4) is 0 Å². The molecule has 0 aliphatic heterocycles. The summed E-state index contributed by atoms with van der Waals surface area (Å²) in [5.41, 5.74) is -0.387. The van der Waals surface area contributed by atoms with Crippen molar-refractivity contribution in [2.75, 3.05) is 0 Å². The zero-order chi connectivity index (χ0) is 20.5. The van der Waals surface area contributed by atoms with Gasteiger partial charge in [0.05, 0.1) is 0 Å². The number of carbonyl (C=O) groups is 2. The minimum atomic E-state index is -1.19. The third-order valence-electron chi connectivity index (χ3n) is 4.90. The van der Waals surface area contributed by atoms with Gasteiger partial charge in [0.25, 0.3) is 5.91 Å². The largest absolute Gasteiger partial charge is 0.349 e. The monoisotopic (exact) mass is 424 g/mol. The highest BCUT2D eigenvalue weighted by molar-refractivity contribution is 7.03. The van der Waals surface area contributed by atoms with Crippen LogP contribution in [0.3, 0.4) is 0 Å². The predicted molar refractivity (Wildman–Crippen MR) is 106 cm³/mol. The second-order valence-electron chi connectivity index (χ2n) is 7.50. The van der Waals surface area contributed by atoms with E-state index >= 15 is 0 Å². The molecule has 28 heavy (non-hydrogen) atoms. The summed E-state index contributed by atoms with van der Waals surface area (Å²) in [5, 5.41) is 8.39. The van der Waals surface area contributed by atoms with Crippen LogP contribution < -0.4 is 5.32 Å². The molecule has 1 heterocycles. The molecule has 1 aromatic carbocycles. The maximum Gasteiger partial charge on any atom is 0.276 e. The van der Waals surface area contributed by atoms with Crippen LogP contribution >= 0.6 is 23.1 Å². The molecule has 2 aromatic rings. The van der Waals surface area contributed by atoms with E-state index in [0.29, 0.717) is 6.42 Å². The van der Waals surface area contributed by atoms with Gasteiger partial charge in [-0.25, -0.2) is 4.39 Å². The maximum absolute atomic E-state index is 14.8. The number of halogens is 2. The summed E-state index contributed by atoms with van der Waals surface area (Å²) < 4.78 is 18.5. The lowest BCUT2D eigenvalue weighted by atomic mass is 9.98. The third-order valence-corrected chi connectivity index (χ3v) is 5.73. The molecule has 1 fully saturated rings. The van der Waals surface area contributed by atoms with Crippen LogP contribution in [0.2, 0.25) is 5.02 Å². The van der Waals surface area contributed by atoms with E-state index in [-0.39, 0.29) is 22.3 Å². The first kappa shape index (κ1) is 20.7. The number of nitrogens with one attached hydrogen (secondary N) is 1. The summed E-state index contributed by atoms with van der Waals surface area (Å²) in [6.45, 7) is 5.69. The lowest BCUT2D eigenvalue weighted by Crippen LogP contribution is -2.51. The number of benzene rings is 1. The van der Waals surface area contributed by atoms with Crippen LogP contribution in [-0.2, 0) is 4.79 Å². The van der Waals surface area contributed by atoms with E-state index in [1.165, 1.54) is 28.5 Å². The summed E-state index contributed by atoms with van der Waals surface area (Å²) in [4.78, 5) is 27.9. The quantitative estimate of drug-likeness (QED) is 0.729. The second-order valence-corrected chi connectivity index (χ2v) is 8.52. The SMILES string of the molecule is CCC(C)(C)NC(=O)C(c1c(F)cccc1Cl)N(C(=O)c1csnn1)C1CC1. The summed E-state index contributed by atoms with van der Waals surface area (Å²) in [7, 11) is 0. The third kappa shape index (κ3) is 4.33. The summed E-state index contributed by atoms with van der Waals surface area (Å²) in [6.07, 6.45) is 2.14. The van der Waals surface area contributed by atoms with E-state index in [0.717, 1.165) is 24.4 Å². The Balaban J connectivity index is 2.09. The first-order chi connectivity index (χ1) is 13.2. The Labute approximate surface area is 172 Å². The fraction of sp³-hybridized carbons (Fsp3) is 0.474. The van der Waals surface area contributed by atoms with E-state index in [2.05, 4.69) is 14.9 Å². The van der Waals surface area contributed by atoms with Gasteiger partial charge in [0.1, 0.15) is 11.9 Å². The Bertz CT molecular complexity index is 851. The lowest BCUT2D eigenvalue weighted by molar-refractivity contribution is -0.128. The smallest absolute Gasteiger partial charge is 0.276 e. The molecule has 1 atom stereocenters. The van der Waals surface area contributed by atoms with Gasteiger partial charge in [-0.2, -0.15) is 0 Å². The first-order valence-corrected chi connectivity index (χ1v) is 10.3. The zero-order valence-electron chi connectivity index (χ0n) is 15.9. The van der Waals surface area contributed by atoms with Gasteiger partial charge in [-0.15, -0.1) is 5.10 Å². The fourth-order valence-corrected chi connectivity index (χ4v) is 3.59. The summed E-state index contributed by atoms with van der Waals surface area (Å²) >= 11 is 7.33. The molecule has 1 unspecified atom stereocenters. The van der Waals surface area contributed by atoms with Crippen molar-refractivity contribution in [1.29, 1.82) is 0 Å². The van der Waals surface area contributed by atoms with Gasteiger partial charge >= 0.3 is 0 Å². The number of amides is 2. The standard InChI is InChI=1S/C19H22ClFN4O2S/c1-4-19(2,3)22-17(26)16(15-12(20)6-5-7-13(15)21)25(11-8-9-11)18(27)14-10-28-24-23-14/h5-7,10-11,16H,4,8-9H2,1-3H3,(H,22,26). The molecule has 2 amide bonds. The van der Waals surface area contributed by atoms with Gasteiger partial charge in [-0.3, -0.25) is 9.59 Å². The predicted octanol–water partition coefficient (Wildman–Crippen LogP) is 3.98. The minimum absolute atomic E-state index is 0.00277. The molecule has 1 aliphatic carbocycles. The van der Waals surface area contributed by atoms with E-state index in [4.69, 9.17) is 11.6 Å². The zero-order valence-corrected chi connectivity index (χ0v) is 17.5. The average molecular weight is 425 g/mol. The fourth-order valence-electron chi connectivity index (χ4n) is 2.90. The van der Waals surface area contributed by atoms with Crippen molar-refractivity contribution in [3.05, 3.63) is 45.7 Å². The van der Waals surface area contributed by atoms with Crippen LogP contribution in [0.25, 0.3) is 0 Å². The molecule has 1 aliphatic rings. The highest BCUT2D eigenvalue weighted by atomic mass is 35.5. The highest BCUT2D eigenvalue weighted by Crippen LogP contribution is 2.39. The van der Waals surface area contributed by atoms with Crippen molar-refractivity contribution in [2.24, 2.45) is 0 Å². The number of nitrogens with zero attached hydrogens (tertiary/aromatic N) is 3. The molecule has 6 nitrogen and oxygen atoms in total. The summed E-state index contributed by atoms with van der Waals surface area (Å²) in [5.74, 6) is -1.55. The molecule has 0 radical (unpaired) electrons. The van der Waals surface area contributed by atoms with Gasteiger partial charge in [0.15, 0.2) is 5.69 Å². The molecule has 0 bridgehead atoms. The maximum atomic E-state index is 14.8. The van der Waals surface area contributed by atoms with Crippen LogP contribution in [-0.4, -0.2) is 37.9 Å². The highest BCUT2D eigenvalue weighted by Gasteiger charge is 2.44. The Morgan fingerprint density at radius 2 is 2.14 bits per heavy atom. The van der Waals surface area contributed by atoms with Gasteiger partial charge < -0.3 is 10.2 Å². The van der Waals surface area contributed by atoms with Crippen LogP contribution in [0.5, 0.6) is 0 Å². The van der Waals surface area contributed by atoms with E-state index in [1.54, 1.807) is 0 Å². The topological polar surface area (TPSA) is 75.2 Å². The van der Waals surface area contributed by atoms with Crippen LogP contribution in [0.4, 0.5) is 4.39 Å². The van der Waals surface area contributed by atoms with Crippen molar-refractivity contribution < 1.29 is 14.0 Å².